The van der Waals surface area contributed by atoms with E-state index in [9.17, 15) is 9.59 Å². The largest absolute Gasteiger partial charge is 0.283 e. The van der Waals surface area contributed by atoms with Crippen LogP contribution in [0.5, 0.6) is 0 Å². The number of rotatable bonds is 2. The highest BCUT2D eigenvalue weighted by Gasteiger charge is 2.14. The molecular weight excluding hydrogens is 212 g/mol. The van der Waals surface area contributed by atoms with E-state index in [1.54, 1.807) is 0 Å². The van der Waals surface area contributed by atoms with Gasteiger partial charge in [-0.3, -0.25) is 21.2 Å². The van der Waals surface area contributed by atoms with Crippen LogP contribution in [0.15, 0.2) is 9.98 Å². The molecule has 0 heterocycles. The number of carbonyl (C=O) groups excluding carboxylic acids is 2. The van der Waals surface area contributed by atoms with Gasteiger partial charge in [-0.2, -0.15) is 0 Å². The summed E-state index contributed by atoms with van der Waals surface area (Å²) in [6.45, 7) is 0. The van der Waals surface area contributed by atoms with Gasteiger partial charge in [0, 0.05) is 0 Å². The van der Waals surface area contributed by atoms with Crippen molar-refractivity contribution in [2.45, 2.75) is 0 Å². The second-order valence-electron chi connectivity index (χ2n) is 1.68. The van der Waals surface area contributed by atoms with Gasteiger partial charge in [-0.15, -0.1) is 9.98 Å². The predicted octanol–water partition coefficient (Wildman–Crippen LogP) is -1.24. The van der Waals surface area contributed by atoms with Crippen molar-refractivity contribution in [3.05, 3.63) is 0 Å². The summed E-state index contributed by atoms with van der Waals surface area (Å²) in [5.74, 6) is -2.24. The average Bonchev–Trinajstić information content (AvgIpc) is 2.18. The fourth-order valence-electron chi connectivity index (χ4n) is 0.323. The van der Waals surface area contributed by atoms with Crippen LogP contribution >= 0.6 is 0 Å². The first kappa shape index (κ1) is 12.6. The van der Waals surface area contributed by atoms with Crippen LogP contribution in [0.25, 0.3) is 0 Å². The van der Waals surface area contributed by atoms with Crippen LogP contribution in [0.4, 0.5) is 0 Å². The highest BCUT2D eigenvalue weighted by atomic mass is 17.1. The molecule has 0 bridgehead atoms. The topological polar surface area (TPSA) is 163 Å². The summed E-state index contributed by atoms with van der Waals surface area (Å²) >= 11 is 0. The highest BCUT2D eigenvalue weighted by molar-refractivity contribution is 5.81. The zero-order valence-corrected chi connectivity index (χ0v) is 6.91. The second-order valence-corrected chi connectivity index (χ2v) is 1.68. The van der Waals surface area contributed by atoms with Gasteiger partial charge in [-0.25, -0.2) is 9.59 Å². The monoisotopic (exact) mass is 216 g/mol. The summed E-state index contributed by atoms with van der Waals surface area (Å²) in [6, 6.07) is 0. The number of aliphatic imine (C=N–C) groups is 2. The highest BCUT2D eigenvalue weighted by Crippen LogP contribution is 1.93. The number of nitrogens with one attached hydrogen (secondary N) is 2. The minimum atomic E-state index is -1.12. The minimum Gasteiger partial charge on any atom is -0.263 e. The molecule has 80 valence electrons. The van der Waals surface area contributed by atoms with Gasteiger partial charge in [0.05, 0.1) is 0 Å². The summed E-state index contributed by atoms with van der Waals surface area (Å²) in [7, 11) is 0. The third kappa shape index (κ3) is 4.38. The van der Waals surface area contributed by atoms with E-state index in [1.807, 2.05) is 0 Å². The number of hydrogen-bond acceptors (Lipinski definition) is 7. The Balaban J connectivity index is 4.34. The Morgan fingerprint density at radius 2 is 1.40 bits per heavy atom. The van der Waals surface area contributed by atoms with Crippen LogP contribution in [0.3, 0.4) is 0 Å². The first-order chi connectivity index (χ1) is 7.02. The van der Waals surface area contributed by atoms with Gasteiger partial charge >= 0.3 is 0 Å². The molecule has 0 fully saturated rings. The molecule has 0 spiro atoms. The van der Waals surface area contributed by atoms with Crippen molar-refractivity contribution in [3.8, 4) is 0 Å². The molecule has 0 unspecified atom stereocenters. The van der Waals surface area contributed by atoms with E-state index in [4.69, 9.17) is 21.2 Å². The van der Waals surface area contributed by atoms with Crippen LogP contribution in [0, 0.1) is 10.8 Å². The van der Waals surface area contributed by atoms with Gasteiger partial charge in [0.2, 0.25) is 12.2 Å². The van der Waals surface area contributed by atoms with E-state index in [2.05, 4.69) is 14.9 Å². The molecule has 0 aliphatic rings. The number of hydroxylamine groups is 4. The Morgan fingerprint density at radius 1 is 1.07 bits per heavy atom. The summed E-state index contributed by atoms with van der Waals surface area (Å²) in [5.41, 5.74) is 0. The average molecular weight is 216 g/mol. The van der Waals surface area contributed by atoms with Gasteiger partial charge in [-0.05, 0) is 0 Å². The van der Waals surface area contributed by atoms with E-state index in [1.165, 1.54) is 0 Å². The van der Waals surface area contributed by atoms with Gasteiger partial charge in [-0.1, -0.05) is 15.4 Å². The third-order valence-electron chi connectivity index (χ3n) is 0.820. The van der Waals surface area contributed by atoms with E-state index in [-0.39, 0.29) is 0 Å². The molecule has 0 aromatic heterocycles. The van der Waals surface area contributed by atoms with Gasteiger partial charge in [0.15, 0.2) is 0 Å². The molecule has 11 nitrogen and oxygen atoms in total. The normalized spacial score (nSPS) is 8.13. The number of isocyanates is 2. The predicted molar refractivity (Wildman–Crippen MR) is 40.0 cm³/mol. The summed E-state index contributed by atoms with van der Waals surface area (Å²) < 4.78 is 0. The molecule has 0 aliphatic carbocycles. The molecule has 0 aliphatic heterocycles. The fraction of sp³-hybridized carbons (Fsp3) is 0. The van der Waals surface area contributed by atoms with Crippen LogP contribution in [0.1, 0.15) is 0 Å². The van der Waals surface area contributed by atoms with Crippen molar-refractivity contribution < 1.29 is 24.9 Å². The van der Waals surface area contributed by atoms with Gasteiger partial charge < -0.3 is 0 Å². The zero-order chi connectivity index (χ0) is 11.8. The van der Waals surface area contributed by atoms with Gasteiger partial charge in [0.1, 0.15) is 0 Å². The lowest BCUT2D eigenvalue weighted by Crippen LogP contribution is -2.36. The molecule has 4 N–H and O–H groups in total. The Kier molecular flexibility index (Phi) is 5.11. The second kappa shape index (κ2) is 6.10. The Labute approximate surface area is 81.4 Å². The summed E-state index contributed by atoms with van der Waals surface area (Å²) in [5, 5.41) is 30.0. The van der Waals surface area contributed by atoms with Crippen molar-refractivity contribution in [2.24, 2.45) is 9.98 Å². The molecule has 0 atom stereocenters. The maximum Gasteiger partial charge on any atom is 0.283 e. The molecule has 0 rings (SSSR count). The zero-order valence-electron chi connectivity index (χ0n) is 6.91. The van der Waals surface area contributed by atoms with Crippen LogP contribution < -0.4 is 0 Å². The van der Waals surface area contributed by atoms with E-state index < -0.39 is 22.4 Å². The Bertz CT molecular complexity index is 321. The SMILES string of the molecule is N=C(N=C=O)N(O)ON(O)C(=N)N=C=O. The molecule has 0 aromatic rings. The summed E-state index contributed by atoms with van der Waals surface area (Å²) in [4.78, 5) is 28.3. The first-order valence-electron chi connectivity index (χ1n) is 3.02. The quantitative estimate of drug-likeness (QED) is 0.194. The molecule has 0 saturated heterocycles. The van der Waals surface area contributed by atoms with Crippen molar-refractivity contribution >= 4 is 24.1 Å². The molecule has 0 radical (unpaired) electrons. The number of hydrogen-bond donors (Lipinski definition) is 4. The minimum absolute atomic E-state index is 0.472. The number of nitrogens with zero attached hydrogens (tertiary/aromatic N) is 4. The molecule has 0 amide bonds. The van der Waals surface area contributed by atoms with Crippen LogP contribution in [0.2, 0.25) is 0 Å². The van der Waals surface area contributed by atoms with Crippen molar-refractivity contribution in [1.82, 2.24) is 10.5 Å². The van der Waals surface area contributed by atoms with Gasteiger partial charge in [0.25, 0.3) is 11.9 Å². The molecule has 15 heavy (non-hydrogen) atoms. The number of guanidine groups is 2. The van der Waals surface area contributed by atoms with Crippen molar-refractivity contribution in [3.63, 3.8) is 0 Å². The lowest BCUT2D eigenvalue weighted by molar-refractivity contribution is -0.451. The maximum absolute atomic E-state index is 9.63. The van der Waals surface area contributed by atoms with E-state index in [0.717, 1.165) is 12.2 Å². The van der Waals surface area contributed by atoms with Crippen LogP contribution in [-0.2, 0) is 14.5 Å². The molecular formula is C4H4N6O5. The van der Waals surface area contributed by atoms with Crippen molar-refractivity contribution in [1.29, 1.82) is 10.8 Å². The standard InChI is InChI=1S/C4H4N6O5/c5-3(7-1-11)9(13)15-10(14)4(6)8-2-12/h5-6,13-14H. The first-order valence-corrected chi connectivity index (χ1v) is 3.02. The lowest BCUT2D eigenvalue weighted by atomic mass is 11.0. The lowest BCUT2D eigenvalue weighted by Gasteiger charge is -2.16. The molecule has 0 aromatic carbocycles. The maximum atomic E-state index is 9.63. The molecule has 0 saturated carbocycles. The Hall–Kier alpha value is -2.42. The molecule has 11 heteroatoms. The smallest absolute Gasteiger partial charge is 0.263 e. The van der Waals surface area contributed by atoms with E-state index >= 15 is 0 Å². The van der Waals surface area contributed by atoms with Crippen LogP contribution in [-0.4, -0.2) is 44.9 Å². The fourth-order valence-corrected chi connectivity index (χ4v) is 0.323. The summed E-state index contributed by atoms with van der Waals surface area (Å²) in [6.07, 6.45) is 1.81. The Morgan fingerprint density at radius 3 is 1.67 bits per heavy atom. The van der Waals surface area contributed by atoms with Crippen molar-refractivity contribution in [2.75, 3.05) is 0 Å². The van der Waals surface area contributed by atoms with E-state index in [0.29, 0.717) is 0 Å². The third-order valence-corrected chi connectivity index (χ3v) is 0.820.